The van der Waals surface area contributed by atoms with Crippen LogP contribution in [0.25, 0.3) is 0 Å². The fraction of sp³-hybridized carbons (Fsp3) is 0.381. The third-order valence-electron chi connectivity index (χ3n) is 4.93. The third kappa shape index (κ3) is 3.47. The van der Waals surface area contributed by atoms with Gasteiger partial charge in [0.1, 0.15) is 13.2 Å². The number of amides is 1. The number of carbonyl (C=O) groups is 1. The molecule has 4 rings (SSSR count). The number of nitrogens with one attached hydrogen (secondary N) is 1. The molecule has 1 atom stereocenters. The van der Waals surface area contributed by atoms with E-state index in [1.165, 1.54) is 0 Å². The van der Waals surface area contributed by atoms with E-state index in [1.54, 1.807) is 0 Å². The van der Waals surface area contributed by atoms with E-state index in [0.717, 1.165) is 35.6 Å². The minimum atomic E-state index is -0.0412. The highest BCUT2D eigenvalue weighted by atomic mass is 16.6. The second-order valence-electron chi connectivity index (χ2n) is 7.14. The number of hydrogen-bond donors (Lipinski definition) is 1. The Balaban J connectivity index is 1.56. The van der Waals surface area contributed by atoms with E-state index >= 15 is 0 Å². The van der Waals surface area contributed by atoms with Crippen molar-refractivity contribution in [3.8, 4) is 11.5 Å². The lowest BCUT2D eigenvalue weighted by molar-refractivity contribution is 0.0931. The maximum atomic E-state index is 12.8. The Hall–Kier alpha value is -2.69. The summed E-state index contributed by atoms with van der Waals surface area (Å²) in [6.45, 7) is 1.14. The molecule has 2 aliphatic rings. The number of benzene rings is 2. The molecular formula is C21H24N2O3. The van der Waals surface area contributed by atoms with Gasteiger partial charge in [0.05, 0.1) is 6.04 Å². The molecule has 0 saturated heterocycles. The van der Waals surface area contributed by atoms with Gasteiger partial charge in [-0.2, -0.15) is 0 Å². The van der Waals surface area contributed by atoms with Gasteiger partial charge < -0.3 is 19.7 Å². The molecule has 0 bridgehead atoms. The van der Waals surface area contributed by atoms with Crippen molar-refractivity contribution in [1.82, 2.24) is 5.32 Å². The molecule has 2 aromatic rings. The van der Waals surface area contributed by atoms with E-state index in [9.17, 15) is 4.79 Å². The molecule has 1 saturated carbocycles. The number of fused-ring (bicyclic) bond motifs is 1. The van der Waals surface area contributed by atoms with Crippen molar-refractivity contribution in [2.24, 2.45) is 5.92 Å². The van der Waals surface area contributed by atoms with Crippen LogP contribution < -0.4 is 19.7 Å². The quantitative estimate of drug-likeness (QED) is 0.896. The lowest BCUT2D eigenvalue weighted by atomic mass is 10.0. The van der Waals surface area contributed by atoms with Crippen molar-refractivity contribution >= 4 is 11.6 Å². The number of hydrogen-bond acceptors (Lipinski definition) is 4. The first-order chi connectivity index (χ1) is 12.6. The molecule has 5 nitrogen and oxygen atoms in total. The Labute approximate surface area is 153 Å². The second-order valence-corrected chi connectivity index (χ2v) is 7.14. The van der Waals surface area contributed by atoms with Crippen LogP contribution in [-0.4, -0.2) is 33.2 Å². The summed E-state index contributed by atoms with van der Waals surface area (Å²) in [5.41, 5.74) is 2.77. The van der Waals surface area contributed by atoms with E-state index in [1.807, 2.05) is 61.5 Å². The van der Waals surface area contributed by atoms with E-state index in [0.29, 0.717) is 24.7 Å². The molecule has 0 spiro atoms. The predicted octanol–water partition coefficient (Wildman–Crippen LogP) is 3.40. The number of rotatable bonds is 5. The predicted molar refractivity (Wildman–Crippen MR) is 101 cm³/mol. The summed E-state index contributed by atoms with van der Waals surface area (Å²) < 4.78 is 11.3. The van der Waals surface area contributed by atoms with Crippen LogP contribution in [0.1, 0.15) is 34.8 Å². The first-order valence-corrected chi connectivity index (χ1v) is 9.09. The monoisotopic (exact) mass is 352 g/mol. The summed E-state index contributed by atoms with van der Waals surface area (Å²) in [6.07, 6.45) is 2.27. The van der Waals surface area contributed by atoms with Crippen molar-refractivity contribution in [3.05, 3.63) is 53.6 Å². The smallest absolute Gasteiger partial charge is 0.251 e. The van der Waals surface area contributed by atoms with Crippen LogP contribution in [0.5, 0.6) is 11.5 Å². The Morgan fingerprint density at radius 2 is 1.85 bits per heavy atom. The zero-order valence-corrected chi connectivity index (χ0v) is 15.2. The van der Waals surface area contributed by atoms with Crippen molar-refractivity contribution in [2.45, 2.75) is 18.9 Å². The van der Waals surface area contributed by atoms with Crippen LogP contribution in [0.3, 0.4) is 0 Å². The Morgan fingerprint density at radius 3 is 2.58 bits per heavy atom. The second kappa shape index (κ2) is 6.90. The summed E-state index contributed by atoms with van der Waals surface area (Å²) in [5.74, 6) is 1.99. The number of ether oxygens (including phenoxy) is 2. The van der Waals surface area contributed by atoms with Gasteiger partial charge in [0.2, 0.25) is 0 Å². The van der Waals surface area contributed by atoms with E-state index in [4.69, 9.17) is 9.47 Å². The van der Waals surface area contributed by atoms with Gasteiger partial charge in [0.15, 0.2) is 11.5 Å². The van der Waals surface area contributed by atoms with Crippen molar-refractivity contribution in [1.29, 1.82) is 0 Å². The lowest BCUT2D eigenvalue weighted by Gasteiger charge is -2.23. The Kier molecular flexibility index (Phi) is 4.45. The SMILES string of the molecule is CN(C)c1cccc(C(=O)N[C@@H](c2ccc3c(c2)OCCO3)C2CC2)c1. The average molecular weight is 352 g/mol. The minimum absolute atomic E-state index is 0.00124. The summed E-state index contributed by atoms with van der Waals surface area (Å²) >= 11 is 0. The fourth-order valence-electron chi connectivity index (χ4n) is 3.31. The number of carbonyl (C=O) groups excluding carboxylic acids is 1. The largest absolute Gasteiger partial charge is 0.486 e. The van der Waals surface area contributed by atoms with E-state index in [2.05, 4.69) is 5.32 Å². The topological polar surface area (TPSA) is 50.8 Å². The molecule has 0 radical (unpaired) electrons. The van der Waals surface area contributed by atoms with Crippen LogP contribution in [0.2, 0.25) is 0 Å². The molecule has 1 amide bonds. The third-order valence-corrected chi connectivity index (χ3v) is 4.93. The van der Waals surface area contributed by atoms with Gasteiger partial charge in [0, 0.05) is 25.3 Å². The standard InChI is InChI=1S/C21H24N2O3/c1-23(2)17-5-3-4-16(12-17)21(24)22-20(14-6-7-14)15-8-9-18-19(13-15)26-11-10-25-18/h3-5,8-9,12-14,20H,6-7,10-11H2,1-2H3,(H,22,24)/t20-/m1/s1. The molecule has 136 valence electrons. The highest BCUT2D eigenvalue weighted by molar-refractivity contribution is 5.95. The zero-order chi connectivity index (χ0) is 18.1. The molecule has 0 unspecified atom stereocenters. The highest BCUT2D eigenvalue weighted by Gasteiger charge is 2.34. The number of anilines is 1. The van der Waals surface area contributed by atoms with Gasteiger partial charge >= 0.3 is 0 Å². The molecule has 26 heavy (non-hydrogen) atoms. The summed E-state index contributed by atoms with van der Waals surface area (Å²) in [4.78, 5) is 14.8. The molecule has 5 heteroatoms. The van der Waals surface area contributed by atoms with Crippen LogP contribution in [-0.2, 0) is 0 Å². The van der Waals surface area contributed by atoms with Gasteiger partial charge in [-0.1, -0.05) is 12.1 Å². The van der Waals surface area contributed by atoms with Crippen molar-refractivity contribution < 1.29 is 14.3 Å². The van der Waals surface area contributed by atoms with E-state index in [-0.39, 0.29) is 11.9 Å². The summed E-state index contributed by atoms with van der Waals surface area (Å²) in [7, 11) is 3.94. The first kappa shape index (κ1) is 16.8. The zero-order valence-electron chi connectivity index (χ0n) is 15.2. The normalized spacial score (nSPS) is 16.7. The van der Waals surface area contributed by atoms with Gasteiger partial charge in [-0.15, -0.1) is 0 Å². The average Bonchev–Trinajstić information content (AvgIpc) is 3.50. The molecule has 1 heterocycles. The van der Waals surface area contributed by atoms with Crippen LogP contribution in [0.4, 0.5) is 5.69 Å². The van der Waals surface area contributed by atoms with Gasteiger partial charge in [-0.25, -0.2) is 0 Å². The molecule has 1 fully saturated rings. The number of nitrogens with zero attached hydrogens (tertiary/aromatic N) is 1. The molecule has 1 aliphatic heterocycles. The first-order valence-electron chi connectivity index (χ1n) is 9.09. The fourth-order valence-corrected chi connectivity index (χ4v) is 3.31. The molecule has 2 aromatic carbocycles. The van der Waals surface area contributed by atoms with E-state index < -0.39 is 0 Å². The van der Waals surface area contributed by atoms with Gasteiger partial charge in [-0.05, 0) is 54.7 Å². The Bertz CT molecular complexity index is 815. The highest BCUT2D eigenvalue weighted by Crippen LogP contribution is 2.43. The van der Waals surface area contributed by atoms with Crippen molar-refractivity contribution in [3.63, 3.8) is 0 Å². The Morgan fingerprint density at radius 1 is 1.08 bits per heavy atom. The summed E-state index contributed by atoms with van der Waals surface area (Å²) in [6, 6.07) is 13.7. The molecule has 0 aromatic heterocycles. The molecular weight excluding hydrogens is 328 g/mol. The van der Waals surface area contributed by atoms with Gasteiger partial charge in [-0.3, -0.25) is 4.79 Å². The molecule has 1 N–H and O–H groups in total. The van der Waals surface area contributed by atoms with Crippen LogP contribution in [0.15, 0.2) is 42.5 Å². The minimum Gasteiger partial charge on any atom is -0.486 e. The lowest BCUT2D eigenvalue weighted by Crippen LogP contribution is -2.30. The summed E-state index contributed by atoms with van der Waals surface area (Å²) in [5, 5.41) is 3.23. The van der Waals surface area contributed by atoms with Crippen molar-refractivity contribution in [2.75, 3.05) is 32.2 Å². The van der Waals surface area contributed by atoms with Crippen LogP contribution in [0, 0.1) is 5.92 Å². The van der Waals surface area contributed by atoms with Gasteiger partial charge in [0.25, 0.3) is 5.91 Å². The molecule has 1 aliphatic carbocycles. The van der Waals surface area contributed by atoms with Crippen LogP contribution >= 0.6 is 0 Å². The maximum Gasteiger partial charge on any atom is 0.251 e. The maximum absolute atomic E-state index is 12.8.